The van der Waals surface area contributed by atoms with Crippen molar-refractivity contribution in [2.24, 2.45) is 0 Å². The quantitative estimate of drug-likeness (QED) is 0.308. The number of aromatic amines is 2. The molecule has 0 atom stereocenters. The summed E-state index contributed by atoms with van der Waals surface area (Å²) < 4.78 is 10.5. The Morgan fingerprint density at radius 2 is 1.17 bits per heavy atom. The van der Waals surface area contributed by atoms with Crippen molar-refractivity contribution in [2.45, 2.75) is 38.5 Å². The van der Waals surface area contributed by atoms with Gasteiger partial charge in [0.25, 0.3) is 11.8 Å². The van der Waals surface area contributed by atoms with Crippen LogP contribution in [0.3, 0.4) is 0 Å². The zero-order chi connectivity index (χ0) is 20.8. The molecule has 4 aromatic heterocycles. The average Bonchev–Trinajstić information content (AvgIpc) is 3.41. The van der Waals surface area contributed by atoms with Crippen molar-refractivity contribution < 1.29 is 19.1 Å². The summed E-state index contributed by atoms with van der Waals surface area (Å²) in [7, 11) is 0. The van der Waals surface area contributed by atoms with Gasteiger partial charge in [-0.15, -0.1) is 0 Å². The first kappa shape index (κ1) is 19.4. The van der Waals surface area contributed by atoms with E-state index in [1.807, 2.05) is 0 Å². The van der Waals surface area contributed by atoms with Gasteiger partial charge in [-0.3, -0.25) is 9.59 Å². The molecule has 0 aliphatic rings. The highest BCUT2D eigenvalue weighted by Crippen LogP contribution is 2.20. The molecule has 0 saturated carbocycles. The fourth-order valence-corrected chi connectivity index (χ4v) is 2.86. The molecule has 0 saturated heterocycles. The Bertz CT molecular complexity index is 1080. The van der Waals surface area contributed by atoms with Gasteiger partial charge in [-0.2, -0.15) is 30.8 Å². The van der Waals surface area contributed by atoms with Crippen molar-refractivity contribution in [3.63, 3.8) is 0 Å². The van der Waals surface area contributed by atoms with Crippen LogP contribution >= 0.6 is 0 Å². The van der Waals surface area contributed by atoms with Crippen LogP contribution in [-0.4, -0.2) is 52.7 Å². The van der Waals surface area contributed by atoms with E-state index in [9.17, 15) is 9.59 Å². The van der Waals surface area contributed by atoms with Gasteiger partial charge in [0.1, 0.15) is 11.0 Å². The van der Waals surface area contributed by atoms with Crippen LogP contribution in [0.15, 0.2) is 24.5 Å². The van der Waals surface area contributed by atoms with E-state index >= 15 is 0 Å². The Labute approximate surface area is 169 Å². The standard InChI is InChI=1S/C18H18N8O4/c27-13(29-17-15-11(7-9-19-17)21-25-23-15)5-3-1-2-4-6-14(28)30-18-16-12(8-10-20-18)22-26-24-16/h7-10H,1-6H2,(H,21,23,25)(H,22,24,26). The molecule has 30 heavy (non-hydrogen) atoms. The van der Waals surface area contributed by atoms with Crippen LogP contribution in [0.25, 0.3) is 22.1 Å². The van der Waals surface area contributed by atoms with Crippen LogP contribution in [-0.2, 0) is 9.59 Å². The van der Waals surface area contributed by atoms with Gasteiger partial charge in [-0.25, -0.2) is 9.97 Å². The lowest BCUT2D eigenvalue weighted by Gasteiger charge is -2.04. The van der Waals surface area contributed by atoms with Crippen LogP contribution in [0.2, 0.25) is 0 Å². The number of pyridine rings is 2. The number of fused-ring (bicyclic) bond motifs is 2. The van der Waals surface area contributed by atoms with E-state index in [2.05, 4.69) is 40.8 Å². The Hall–Kier alpha value is -3.96. The first-order valence-electron chi connectivity index (χ1n) is 9.43. The maximum Gasteiger partial charge on any atom is 0.312 e. The first-order chi connectivity index (χ1) is 14.7. The lowest BCUT2D eigenvalue weighted by Crippen LogP contribution is -2.10. The van der Waals surface area contributed by atoms with Crippen LogP contribution in [0.5, 0.6) is 11.8 Å². The number of hydrogen-bond donors (Lipinski definition) is 2. The van der Waals surface area contributed by atoms with Gasteiger partial charge in [-0.05, 0) is 25.0 Å². The molecule has 4 heterocycles. The van der Waals surface area contributed by atoms with Crippen LogP contribution in [0, 0.1) is 0 Å². The van der Waals surface area contributed by atoms with Gasteiger partial charge in [0.05, 0.1) is 0 Å². The van der Waals surface area contributed by atoms with Gasteiger partial charge >= 0.3 is 11.9 Å². The van der Waals surface area contributed by atoms with E-state index in [1.165, 1.54) is 12.4 Å². The highest BCUT2D eigenvalue weighted by atomic mass is 16.5. The second-order valence-corrected chi connectivity index (χ2v) is 6.48. The molecule has 0 aliphatic heterocycles. The second-order valence-electron chi connectivity index (χ2n) is 6.48. The molecule has 2 N–H and O–H groups in total. The molecule has 0 aliphatic carbocycles. The normalized spacial score (nSPS) is 11.1. The maximum absolute atomic E-state index is 12.0. The number of carbonyl (C=O) groups excluding carboxylic acids is 2. The molecular formula is C18H18N8O4. The fraction of sp³-hybridized carbons (Fsp3) is 0.333. The number of aromatic nitrogens is 8. The minimum absolute atomic E-state index is 0.143. The molecule has 0 aromatic carbocycles. The minimum Gasteiger partial charge on any atom is -0.405 e. The number of rotatable bonds is 9. The van der Waals surface area contributed by atoms with Crippen molar-refractivity contribution in [1.82, 2.24) is 40.8 Å². The Balaban J connectivity index is 1.13. The van der Waals surface area contributed by atoms with Crippen molar-refractivity contribution in [2.75, 3.05) is 0 Å². The number of hydrogen-bond acceptors (Lipinski definition) is 10. The van der Waals surface area contributed by atoms with Crippen molar-refractivity contribution in [3.05, 3.63) is 24.5 Å². The SMILES string of the molecule is O=C(CCCCCCC(=O)Oc1nccc2n[nH]nc12)Oc1nccc2n[nH]nc12. The lowest BCUT2D eigenvalue weighted by molar-refractivity contribution is -0.135. The van der Waals surface area contributed by atoms with Gasteiger partial charge in [0.15, 0.2) is 11.0 Å². The van der Waals surface area contributed by atoms with E-state index in [-0.39, 0.29) is 36.5 Å². The summed E-state index contributed by atoms with van der Waals surface area (Å²) in [5, 5.41) is 20.6. The van der Waals surface area contributed by atoms with E-state index in [4.69, 9.17) is 9.47 Å². The molecule has 0 amide bonds. The fourth-order valence-electron chi connectivity index (χ4n) is 2.86. The molecule has 0 bridgehead atoms. The molecule has 4 aromatic rings. The van der Waals surface area contributed by atoms with E-state index in [1.54, 1.807) is 12.1 Å². The zero-order valence-electron chi connectivity index (χ0n) is 15.9. The summed E-state index contributed by atoms with van der Waals surface area (Å²) in [6.07, 6.45) is 6.35. The molecular weight excluding hydrogens is 392 g/mol. The molecule has 0 radical (unpaired) electrons. The molecule has 12 heteroatoms. The topological polar surface area (TPSA) is 162 Å². The van der Waals surface area contributed by atoms with Crippen molar-refractivity contribution in [1.29, 1.82) is 0 Å². The zero-order valence-corrected chi connectivity index (χ0v) is 15.9. The van der Waals surface area contributed by atoms with Crippen LogP contribution in [0.1, 0.15) is 38.5 Å². The monoisotopic (exact) mass is 410 g/mol. The third-order valence-electron chi connectivity index (χ3n) is 4.34. The number of unbranched alkanes of at least 4 members (excludes halogenated alkanes) is 3. The lowest BCUT2D eigenvalue weighted by atomic mass is 10.1. The number of ether oxygens (including phenoxy) is 2. The number of nitrogens with zero attached hydrogens (tertiary/aromatic N) is 6. The predicted molar refractivity (Wildman–Crippen MR) is 102 cm³/mol. The number of nitrogens with one attached hydrogen (secondary N) is 2. The molecule has 0 unspecified atom stereocenters. The molecule has 0 spiro atoms. The molecule has 154 valence electrons. The third kappa shape index (κ3) is 4.54. The highest BCUT2D eigenvalue weighted by Gasteiger charge is 2.13. The van der Waals surface area contributed by atoms with Crippen molar-refractivity contribution >= 4 is 34.0 Å². The average molecular weight is 410 g/mol. The van der Waals surface area contributed by atoms with Crippen LogP contribution < -0.4 is 9.47 Å². The smallest absolute Gasteiger partial charge is 0.312 e. The first-order valence-corrected chi connectivity index (χ1v) is 9.43. The van der Waals surface area contributed by atoms with Crippen molar-refractivity contribution in [3.8, 4) is 11.8 Å². The van der Waals surface area contributed by atoms with E-state index < -0.39 is 0 Å². The largest absolute Gasteiger partial charge is 0.405 e. The minimum atomic E-state index is -0.385. The summed E-state index contributed by atoms with van der Waals surface area (Å²) in [6.45, 7) is 0. The van der Waals surface area contributed by atoms with Gasteiger partial charge in [0.2, 0.25) is 0 Å². The Kier molecular flexibility index (Phi) is 5.83. The molecule has 12 nitrogen and oxygen atoms in total. The molecule has 4 rings (SSSR count). The van der Waals surface area contributed by atoms with Gasteiger partial charge < -0.3 is 9.47 Å². The second kappa shape index (κ2) is 9.03. The number of esters is 2. The van der Waals surface area contributed by atoms with Crippen LogP contribution in [0.4, 0.5) is 0 Å². The van der Waals surface area contributed by atoms with Gasteiger partial charge in [0, 0.05) is 25.2 Å². The third-order valence-corrected chi connectivity index (χ3v) is 4.34. The molecule has 0 fully saturated rings. The predicted octanol–water partition coefficient (Wildman–Crippen LogP) is 1.87. The summed E-state index contributed by atoms with van der Waals surface area (Å²) >= 11 is 0. The van der Waals surface area contributed by atoms with E-state index in [0.29, 0.717) is 34.9 Å². The highest BCUT2D eigenvalue weighted by molar-refractivity contribution is 5.83. The van der Waals surface area contributed by atoms with Gasteiger partial charge in [-0.1, -0.05) is 12.8 Å². The summed E-state index contributed by atoms with van der Waals surface area (Å²) in [5.41, 5.74) is 1.99. The summed E-state index contributed by atoms with van der Waals surface area (Å²) in [4.78, 5) is 32.0. The summed E-state index contributed by atoms with van der Waals surface area (Å²) in [5.74, 6) is -0.483. The Morgan fingerprint density at radius 3 is 1.63 bits per heavy atom. The number of carbonyl (C=O) groups is 2. The Morgan fingerprint density at radius 1 is 0.700 bits per heavy atom. The number of H-pyrrole nitrogens is 2. The maximum atomic E-state index is 12.0. The summed E-state index contributed by atoms with van der Waals surface area (Å²) in [6, 6.07) is 3.34. The van der Waals surface area contributed by atoms with E-state index in [0.717, 1.165) is 12.8 Å².